The number of aromatic nitrogens is 3. The lowest BCUT2D eigenvalue weighted by Crippen LogP contribution is -2.30. The van der Waals surface area contributed by atoms with Crippen LogP contribution in [0.3, 0.4) is 0 Å². The molecule has 7 nitrogen and oxygen atoms in total. The van der Waals surface area contributed by atoms with E-state index in [-0.39, 0.29) is 17.9 Å². The molecule has 0 fully saturated rings. The minimum absolute atomic E-state index is 0.0843. The number of pyridine rings is 1. The molecule has 2 heterocycles. The van der Waals surface area contributed by atoms with Crippen molar-refractivity contribution in [1.82, 2.24) is 25.2 Å². The molecular weight excluding hydrogens is 374 g/mol. The summed E-state index contributed by atoms with van der Waals surface area (Å²) in [5.41, 5.74) is 2.26. The SMILES string of the molecule is CSCCC(NC(=O)c1ccc(CNC(C)=O)cc1)c1nnc2ccccn12. The molecule has 2 aromatic heterocycles. The van der Waals surface area contributed by atoms with Crippen molar-refractivity contribution in [1.29, 1.82) is 0 Å². The van der Waals surface area contributed by atoms with Crippen LogP contribution in [0, 0.1) is 0 Å². The molecule has 146 valence electrons. The van der Waals surface area contributed by atoms with Crippen LogP contribution in [0.2, 0.25) is 0 Å². The first kappa shape index (κ1) is 19.9. The Balaban J connectivity index is 1.75. The van der Waals surface area contributed by atoms with Gasteiger partial charge < -0.3 is 10.6 Å². The number of benzene rings is 1. The first-order chi connectivity index (χ1) is 13.6. The molecule has 0 aliphatic rings. The number of hydrogen-bond donors (Lipinski definition) is 2. The largest absolute Gasteiger partial charge is 0.352 e. The van der Waals surface area contributed by atoms with Gasteiger partial charge >= 0.3 is 0 Å². The highest BCUT2D eigenvalue weighted by atomic mass is 32.2. The van der Waals surface area contributed by atoms with Gasteiger partial charge in [0.25, 0.3) is 5.91 Å². The fourth-order valence-electron chi connectivity index (χ4n) is 2.84. The van der Waals surface area contributed by atoms with Gasteiger partial charge in [-0.05, 0) is 48.3 Å². The minimum Gasteiger partial charge on any atom is -0.352 e. The first-order valence-electron chi connectivity index (χ1n) is 9.01. The van der Waals surface area contributed by atoms with Gasteiger partial charge in [-0.1, -0.05) is 18.2 Å². The second-order valence-corrected chi connectivity index (χ2v) is 7.39. The second kappa shape index (κ2) is 9.36. The number of hydrogen-bond acceptors (Lipinski definition) is 5. The molecule has 1 aromatic carbocycles. The number of nitrogens with one attached hydrogen (secondary N) is 2. The monoisotopic (exact) mass is 397 g/mol. The number of rotatable bonds is 8. The molecule has 3 aromatic rings. The van der Waals surface area contributed by atoms with Crippen LogP contribution in [-0.2, 0) is 11.3 Å². The van der Waals surface area contributed by atoms with E-state index in [0.29, 0.717) is 12.1 Å². The van der Waals surface area contributed by atoms with E-state index >= 15 is 0 Å². The van der Waals surface area contributed by atoms with E-state index in [0.717, 1.165) is 29.2 Å². The van der Waals surface area contributed by atoms with Crippen molar-refractivity contribution < 1.29 is 9.59 Å². The maximum absolute atomic E-state index is 12.8. The zero-order valence-corrected chi connectivity index (χ0v) is 16.7. The van der Waals surface area contributed by atoms with Crippen molar-refractivity contribution in [3.8, 4) is 0 Å². The second-order valence-electron chi connectivity index (χ2n) is 6.40. The summed E-state index contributed by atoms with van der Waals surface area (Å²) in [5, 5.41) is 14.3. The summed E-state index contributed by atoms with van der Waals surface area (Å²) < 4.78 is 1.90. The van der Waals surface area contributed by atoms with Crippen LogP contribution in [-0.4, -0.2) is 38.4 Å². The summed E-state index contributed by atoms with van der Waals surface area (Å²) in [6.07, 6.45) is 4.69. The van der Waals surface area contributed by atoms with Crippen LogP contribution in [0.5, 0.6) is 0 Å². The Bertz CT molecular complexity index is 955. The van der Waals surface area contributed by atoms with E-state index in [1.807, 2.05) is 47.2 Å². The minimum atomic E-state index is -0.239. The highest BCUT2D eigenvalue weighted by Gasteiger charge is 2.20. The highest BCUT2D eigenvalue weighted by molar-refractivity contribution is 7.98. The first-order valence-corrected chi connectivity index (χ1v) is 10.4. The summed E-state index contributed by atoms with van der Waals surface area (Å²) in [5.74, 6) is 1.37. The third kappa shape index (κ3) is 4.89. The molecule has 0 saturated heterocycles. The van der Waals surface area contributed by atoms with Gasteiger partial charge in [-0.2, -0.15) is 11.8 Å². The van der Waals surface area contributed by atoms with Gasteiger partial charge in [0.15, 0.2) is 11.5 Å². The van der Waals surface area contributed by atoms with E-state index in [4.69, 9.17) is 0 Å². The molecule has 3 rings (SSSR count). The summed E-state index contributed by atoms with van der Waals surface area (Å²) in [7, 11) is 0. The summed E-state index contributed by atoms with van der Waals surface area (Å²) >= 11 is 1.72. The molecule has 8 heteroatoms. The Morgan fingerprint density at radius 2 is 1.93 bits per heavy atom. The molecule has 0 spiro atoms. The fourth-order valence-corrected chi connectivity index (χ4v) is 3.31. The molecule has 28 heavy (non-hydrogen) atoms. The summed E-state index contributed by atoms with van der Waals surface area (Å²) in [4.78, 5) is 23.8. The number of amides is 2. The van der Waals surface area contributed by atoms with Crippen LogP contribution in [0.4, 0.5) is 0 Å². The molecule has 0 bridgehead atoms. The lowest BCUT2D eigenvalue weighted by Gasteiger charge is -2.17. The maximum atomic E-state index is 12.8. The number of carbonyl (C=O) groups excluding carboxylic acids is 2. The average molecular weight is 398 g/mol. The van der Waals surface area contributed by atoms with Gasteiger partial charge in [0, 0.05) is 25.2 Å². The van der Waals surface area contributed by atoms with E-state index in [2.05, 4.69) is 20.8 Å². The zero-order chi connectivity index (χ0) is 19.9. The third-order valence-corrected chi connectivity index (χ3v) is 4.97. The number of carbonyl (C=O) groups is 2. The molecule has 2 N–H and O–H groups in total. The van der Waals surface area contributed by atoms with Gasteiger partial charge in [0.05, 0.1) is 6.04 Å². The fraction of sp³-hybridized carbons (Fsp3) is 0.300. The number of fused-ring (bicyclic) bond motifs is 1. The van der Waals surface area contributed by atoms with E-state index < -0.39 is 0 Å². The molecule has 2 amide bonds. The van der Waals surface area contributed by atoms with Gasteiger partial charge in [0.1, 0.15) is 0 Å². The van der Waals surface area contributed by atoms with Crippen molar-refractivity contribution in [3.63, 3.8) is 0 Å². The Morgan fingerprint density at radius 1 is 1.14 bits per heavy atom. The lowest BCUT2D eigenvalue weighted by atomic mass is 10.1. The Labute approximate surface area is 167 Å². The van der Waals surface area contributed by atoms with Crippen molar-refractivity contribution in [2.24, 2.45) is 0 Å². The Morgan fingerprint density at radius 3 is 2.64 bits per heavy atom. The Hall–Kier alpha value is -2.87. The van der Waals surface area contributed by atoms with E-state index in [1.54, 1.807) is 23.9 Å². The van der Waals surface area contributed by atoms with Gasteiger partial charge in [0.2, 0.25) is 5.91 Å². The molecular formula is C20H23N5O2S. The van der Waals surface area contributed by atoms with Crippen LogP contribution in [0.1, 0.15) is 41.1 Å². The molecule has 1 atom stereocenters. The van der Waals surface area contributed by atoms with Gasteiger partial charge in [-0.15, -0.1) is 10.2 Å². The summed E-state index contributed by atoms with van der Waals surface area (Å²) in [6.45, 7) is 1.92. The number of thioether (sulfide) groups is 1. The molecule has 0 radical (unpaired) electrons. The maximum Gasteiger partial charge on any atom is 0.251 e. The van der Waals surface area contributed by atoms with Crippen LogP contribution >= 0.6 is 11.8 Å². The van der Waals surface area contributed by atoms with Gasteiger partial charge in [-0.25, -0.2) is 0 Å². The highest BCUT2D eigenvalue weighted by Crippen LogP contribution is 2.19. The Kier molecular flexibility index (Phi) is 6.65. The van der Waals surface area contributed by atoms with Gasteiger partial charge in [-0.3, -0.25) is 14.0 Å². The van der Waals surface area contributed by atoms with Crippen molar-refractivity contribution in [2.75, 3.05) is 12.0 Å². The van der Waals surface area contributed by atoms with Crippen molar-refractivity contribution >= 4 is 29.2 Å². The molecule has 0 saturated carbocycles. The van der Waals surface area contributed by atoms with Crippen molar-refractivity contribution in [2.45, 2.75) is 25.9 Å². The average Bonchev–Trinajstić information content (AvgIpc) is 3.14. The van der Waals surface area contributed by atoms with Crippen LogP contribution in [0.25, 0.3) is 5.65 Å². The zero-order valence-electron chi connectivity index (χ0n) is 15.9. The van der Waals surface area contributed by atoms with Crippen LogP contribution < -0.4 is 10.6 Å². The number of nitrogens with zero attached hydrogens (tertiary/aromatic N) is 3. The van der Waals surface area contributed by atoms with E-state index in [9.17, 15) is 9.59 Å². The predicted octanol–water partition coefficient (Wildman–Crippen LogP) is 2.59. The standard InChI is InChI=1S/C20H23N5O2S/c1-14(26)21-13-15-6-8-16(9-7-15)20(27)22-17(10-12-28-2)19-24-23-18-5-3-4-11-25(18)19/h3-9,11,17H,10,12-13H2,1-2H3,(H,21,26)(H,22,27). The quantitative estimate of drug-likeness (QED) is 0.610. The smallest absolute Gasteiger partial charge is 0.251 e. The van der Waals surface area contributed by atoms with Crippen LogP contribution in [0.15, 0.2) is 48.7 Å². The normalized spacial score (nSPS) is 11.9. The summed E-state index contributed by atoms with van der Waals surface area (Å²) in [6, 6.07) is 12.7. The lowest BCUT2D eigenvalue weighted by molar-refractivity contribution is -0.119. The molecule has 0 aliphatic heterocycles. The molecule has 0 aliphatic carbocycles. The third-order valence-electron chi connectivity index (χ3n) is 4.33. The van der Waals surface area contributed by atoms with E-state index in [1.165, 1.54) is 6.92 Å². The topological polar surface area (TPSA) is 88.4 Å². The predicted molar refractivity (Wildman–Crippen MR) is 110 cm³/mol. The van der Waals surface area contributed by atoms with Crippen molar-refractivity contribution in [3.05, 3.63) is 65.6 Å². The molecule has 1 unspecified atom stereocenters.